The Hall–Kier alpha value is -1.17. The number of hydrogen-bond donors (Lipinski definition) is 1. The zero-order valence-electron chi connectivity index (χ0n) is 12.6. The molecule has 1 fully saturated rings. The minimum atomic E-state index is -0.700. The fourth-order valence-corrected chi connectivity index (χ4v) is 3.39. The van der Waals surface area contributed by atoms with Gasteiger partial charge in [-0.25, -0.2) is 4.39 Å². The zero-order chi connectivity index (χ0) is 15.0. The molecule has 0 aliphatic carbocycles. The van der Waals surface area contributed by atoms with Crippen molar-refractivity contribution in [3.8, 4) is 5.75 Å². The fraction of sp³-hybridized carbons (Fsp3) is 0.625. The number of likely N-dealkylation sites (N-methyl/N-ethyl adjacent to an activating group) is 1. The summed E-state index contributed by atoms with van der Waals surface area (Å²) in [7, 11) is 4.17. The predicted molar refractivity (Wildman–Crippen MR) is 78.9 cm³/mol. The van der Waals surface area contributed by atoms with Crippen molar-refractivity contribution in [3.05, 3.63) is 29.6 Å². The number of nitrogens with zero attached hydrogens (tertiary/aromatic N) is 2. The van der Waals surface area contributed by atoms with Crippen LogP contribution in [0, 0.1) is 5.82 Å². The summed E-state index contributed by atoms with van der Waals surface area (Å²) in [4.78, 5) is 4.54. The van der Waals surface area contributed by atoms with Crippen LogP contribution in [-0.2, 0) is 0 Å². The van der Waals surface area contributed by atoms with Gasteiger partial charge in [0.15, 0.2) is 11.6 Å². The second-order valence-electron chi connectivity index (χ2n) is 6.18. The number of hydrogen-bond acceptors (Lipinski definition) is 4. The summed E-state index contributed by atoms with van der Waals surface area (Å²) in [5.74, 6) is -0.190. The van der Waals surface area contributed by atoms with Crippen LogP contribution < -0.4 is 4.74 Å². The van der Waals surface area contributed by atoms with Crippen molar-refractivity contribution in [1.29, 1.82) is 0 Å². The van der Waals surface area contributed by atoms with E-state index in [9.17, 15) is 9.50 Å². The lowest BCUT2D eigenvalue weighted by molar-refractivity contribution is -0.0157. The van der Waals surface area contributed by atoms with E-state index in [1.54, 1.807) is 12.1 Å². The lowest BCUT2D eigenvalue weighted by Crippen LogP contribution is -2.51. The van der Waals surface area contributed by atoms with Gasteiger partial charge in [0.25, 0.3) is 0 Å². The van der Waals surface area contributed by atoms with Crippen LogP contribution in [0.5, 0.6) is 5.75 Å². The van der Waals surface area contributed by atoms with Crippen molar-refractivity contribution in [2.24, 2.45) is 0 Å². The zero-order valence-corrected chi connectivity index (χ0v) is 12.6. The van der Waals surface area contributed by atoms with Crippen molar-refractivity contribution < 1.29 is 14.2 Å². The Morgan fingerprint density at radius 1 is 1.33 bits per heavy atom. The summed E-state index contributed by atoms with van der Waals surface area (Å²) in [5.41, 5.74) is 0.561. The second-order valence-corrected chi connectivity index (χ2v) is 6.18. The minimum absolute atomic E-state index is 0.118. The Morgan fingerprint density at radius 3 is 2.76 bits per heavy atom. The summed E-state index contributed by atoms with van der Waals surface area (Å²) in [6, 6.07) is 5.07. The molecule has 1 aromatic rings. The van der Waals surface area contributed by atoms with Crippen molar-refractivity contribution in [1.82, 2.24) is 9.80 Å². The average molecular weight is 294 g/mol. The van der Waals surface area contributed by atoms with E-state index in [1.165, 1.54) is 6.07 Å². The standard InChI is InChI=1S/C16H23FN2O2/c1-18-8-6-11(7-9-18)19(2)14-10-21-16-12(15(14)20)4-3-5-13(16)17/h3-5,11,14-15,20H,6-10H2,1-2H3. The van der Waals surface area contributed by atoms with Gasteiger partial charge in [-0.05, 0) is 46.1 Å². The highest BCUT2D eigenvalue weighted by Gasteiger charge is 2.36. The quantitative estimate of drug-likeness (QED) is 0.900. The number of aliphatic hydroxyl groups excluding tert-OH is 1. The molecule has 0 radical (unpaired) electrons. The summed E-state index contributed by atoms with van der Waals surface area (Å²) in [5, 5.41) is 10.6. The topological polar surface area (TPSA) is 35.9 Å². The molecular formula is C16H23FN2O2. The van der Waals surface area contributed by atoms with Crippen LogP contribution in [0.25, 0.3) is 0 Å². The maximum Gasteiger partial charge on any atom is 0.165 e. The highest BCUT2D eigenvalue weighted by atomic mass is 19.1. The van der Waals surface area contributed by atoms with Crippen molar-refractivity contribution in [3.63, 3.8) is 0 Å². The Labute approximate surface area is 125 Å². The number of benzene rings is 1. The molecule has 0 spiro atoms. The summed E-state index contributed by atoms with van der Waals surface area (Å²) in [6.07, 6.45) is 1.48. The average Bonchev–Trinajstić information content (AvgIpc) is 2.49. The second kappa shape index (κ2) is 5.91. The number of piperidine rings is 1. The molecule has 0 saturated carbocycles. The van der Waals surface area contributed by atoms with Gasteiger partial charge in [-0.3, -0.25) is 4.90 Å². The monoisotopic (exact) mass is 294 g/mol. The van der Waals surface area contributed by atoms with E-state index in [1.807, 2.05) is 7.05 Å². The SMILES string of the molecule is CN1CCC(N(C)C2COc3c(F)cccc3C2O)CC1. The summed E-state index contributed by atoms with van der Waals surface area (Å²) >= 11 is 0. The highest BCUT2D eigenvalue weighted by Crippen LogP contribution is 2.36. The molecule has 0 aromatic heterocycles. The Balaban J connectivity index is 1.75. The molecule has 5 heteroatoms. The first-order chi connectivity index (χ1) is 10.1. The third-order valence-corrected chi connectivity index (χ3v) is 4.87. The lowest BCUT2D eigenvalue weighted by atomic mass is 9.94. The first-order valence-corrected chi connectivity index (χ1v) is 7.57. The molecule has 116 valence electrons. The van der Waals surface area contributed by atoms with Crippen molar-refractivity contribution in [2.45, 2.75) is 31.0 Å². The van der Waals surface area contributed by atoms with E-state index in [0.717, 1.165) is 25.9 Å². The van der Waals surface area contributed by atoms with E-state index in [4.69, 9.17) is 4.74 Å². The van der Waals surface area contributed by atoms with Gasteiger partial charge < -0.3 is 14.7 Å². The predicted octanol–water partition coefficient (Wildman–Crippen LogP) is 1.65. The number of aliphatic hydroxyl groups is 1. The van der Waals surface area contributed by atoms with E-state index < -0.39 is 11.9 Å². The third kappa shape index (κ3) is 2.78. The Bertz CT molecular complexity index is 503. The van der Waals surface area contributed by atoms with Crippen LogP contribution in [0.2, 0.25) is 0 Å². The van der Waals surface area contributed by atoms with E-state index in [0.29, 0.717) is 18.2 Å². The number of ether oxygens (including phenoxy) is 1. The van der Waals surface area contributed by atoms with Gasteiger partial charge in [-0.2, -0.15) is 0 Å². The third-order valence-electron chi connectivity index (χ3n) is 4.87. The number of likely N-dealkylation sites (tertiary alicyclic amines) is 1. The molecular weight excluding hydrogens is 271 g/mol. The van der Waals surface area contributed by atoms with Gasteiger partial charge in [0, 0.05) is 11.6 Å². The fourth-order valence-electron chi connectivity index (χ4n) is 3.39. The van der Waals surface area contributed by atoms with Crippen LogP contribution >= 0.6 is 0 Å². The first-order valence-electron chi connectivity index (χ1n) is 7.57. The van der Waals surface area contributed by atoms with Gasteiger partial charge in [0.1, 0.15) is 12.7 Å². The molecule has 2 unspecified atom stereocenters. The molecule has 2 aliphatic rings. The van der Waals surface area contributed by atoms with Gasteiger partial charge in [-0.1, -0.05) is 12.1 Å². The van der Waals surface area contributed by atoms with Crippen LogP contribution in [0.1, 0.15) is 24.5 Å². The minimum Gasteiger partial charge on any atom is -0.488 e. The lowest BCUT2D eigenvalue weighted by Gasteiger charge is -2.42. The smallest absolute Gasteiger partial charge is 0.165 e. The molecule has 3 rings (SSSR count). The molecule has 2 aliphatic heterocycles. The highest BCUT2D eigenvalue weighted by molar-refractivity contribution is 5.39. The maximum absolute atomic E-state index is 13.7. The van der Waals surface area contributed by atoms with Crippen LogP contribution in [0.15, 0.2) is 18.2 Å². The number of halogens is 1. The van der Waals surface area contributed by atoms with E-state index in [2.05, 4.69) is 16.8 Å². The first kappa shape index (κ1) is 14.8. The van der Waals surface area contributed by atoms with Crippen LogP contribution in [-0.4, -0.2) is 60.8 Å². The number of fused-ring (bicyclic) bond motifs is 1. The Kier molecular flexibility index (Phi) is 4.15. The van der Waals surface area contributed by atoms with Gasteiger partial charge >= 0.3 is 0 Å². The van der Waals surface area contributed by atoms with Crippen molar-refractivity contribution in [2.75, 3.05) is 33.8 Å². The summed E-state index contributed by atoms with van der Waals surface area (Å²) in [6.45, 7) is 2.48. The largest absolute Gasteiger partial charge is 0.488 e. The molecule has 1 saturated heterocycles. The Morgan fingerprint density at radius 2 is 2.05 bits per heavy atom. The number of para-hydroxylation sites is 1. The van der Waals surface area contributed by atoms with Crippen LogP contribution in [0.4, 0.5) is 4.39 Å². The van der Waals surface area contributed by atoms with Crippen LogP contribution in [0.3, 0.4) is 0 Å². The van der Waals surface area contributed by atoms with Gasteiger partial charge in [-0.15, -0.1) is 0 Å². The van der Waals surface area contributed by atoms with Crippen molar-refractivity contribution >= 4 is 0 Å². The molecule has 1 N–H and O–H groups in total. The maximum atomic E-state index is 13.7. The molecule has 4 nitrogen and oxygen atoms in total. The molecule has 0 amide bonds. The normalized spacial score (nSPS) is 27.5. The van der Waals surface area contributed by atoms with E-state index >= 15 is 0 Å². The number of rotatable bonds is 2. The molecule has 2 atom stereocenters. The molecule has 1 aromatic carbocycles. The molecule has 2 heterocycles. The van der Waals surface area contributed by atoms with Gasteiger partial charge in [0.05, 0.1) is 6.04 Å². The molecule has 21 heavy (non-hydrogen) atoms. The van der Waals surface area contributed by atoms with E-state index in [-0.39, 0.29) is 11.8 Å². The summed E-state index contributed by atoms with van der Waals surface area (Å²) < 4.78 is 19.3. The van der Waals surface area contributed by atoms with Gasteiger partial charge in [0.2, 0.25) is 0 Å². The molecule has 0 bridgehead atoms.